The third-order valence-electron chi connectivity index (χ3n) is 5.80. The number of alkyl halides is 3. The third kappa shape index (κ3) is 5.34. The quantitative estimate of drug-likeness (QED) is 0.325. The Morgan fingerprint density at radius 3 is 2.60 bits per heavy atom. The van der Waals surface area contributed by atoms with E-state index in [1.54, 1.807) is 12.1 Å². The van der Waals surface area contributed by atoms with Gasteiger partial charge in [0.25, 0.3) is 5.91 Å². The van der Waals surface area contributed by atoms with Gasteiger partial charge in [-0.1, -0.05) is 23.2 Å². The number of nitrogens with one attached hydrogen (secondary N) is 4. The fraction of sp³-hybridized carbons (Fsp3) is 0.304. The molecule has 3 aromatic rings. The minimum absolute atomic E-state index is 0.0440. The lowest BCUT2D eigenvalue weighted by Crippen LogP contribution is -2.41. The maximum atomic E-state index is 13.1. The molecule has 7 nitrogen and oxygen atoms in total. The summed E-state index contributed by atoms with van der Waals surface area (Å²) in [5.74, 6) is -0.362. The van der Waals surface area contributed by atoms with Crippen molar-refractivity contribution in [2.45, 2.75) is 31.5 Å². The number of aliphatic hydroxyl groups excluding tert-OH is 1. The van der Waals surface area contributed by atoms with Crippen molar-refractivity contribution >= 4 is 51.7 Å². The molecule has 1 atom stereocenters. The van der Waals surface area contributed by atoms with Crippen molar-refractivity contribution in [1.82, 2.24) is 15.6 Å². The predicted molar refractivity (Wildman–Crippen MR) is 127 cm³/mol. The molecule has 0 spiro atoms. The van der Waals surface area contributed by atoms with E-state index in [1.807, 2.05) is 0 Å². The molecule has 1 unspecified atom stereocenters. The second-order valence-corrected chi connectivity index (χ2v) is 8.95. The standard InChI is InChI=1S/C23H21Cl2F3N4O3/c24-16-4-1-12(10-15(16)23(26,27)28)31-22(35)30-11-2-6-18-14(9-11)19-13(21(34)29-7-8-33)3-5-17(25)20(19)32-18/h1,3-5,10-11,32-33H,2,6-9H2,(H,29,34)(H2,30,31,35). The van der Waals surface area contributed by atoms with Crippen molar-refractivity contribution in [2.24, 2.45) is 0 Å². The van der Waals surface area contributed by atoms with Gasteiger partial charge in [-0.25, -0.2) is 4.79 Å². The number of benzene rings is 2. The fourth-order valence-electron chi connectivity index (χ4n) is 4.25. The number of aromatic nitrogens is 1. The lowest BCUT2D eigenvalue weighted by atomic mass is 9.90. The molecule has 0 aliphatic heterocycles. The van der Waals surface area contributed by atoms with E-state index in [9.17, 15) is 22.8 Å². The highest BCUT2D eigenvalue weighted by Crippen LogP contribution is 2.37. The number of carbonyl (C=O) groups is 2. The molecule has 0 saturated heterocycles. The Labute approximate surface area is 208 Å². The van der Waals surface area contributed by atoms with Crippen LogP contribution in [0, 0.1) is 0 Å². The molecule has 4 rings (SSSR count). The zero-order valence-electron chi connectivity index (χ0n) is 18.2. The number of urea groups is 1. The Kier molecular flexibility index (Phi) is 7.16. The van der Waals surface area contributed by atoms with Gasteiger partial charge in [0.05, 0.1) is 27.7 Å². The number of rotatable bonds is 5. The summed E-state index contributed by atoms with van der Waals surface area (Å²) in [4.78, 5) is 28.4. The number of carbonyl (C=O) groups excluding carboxylic acids is 2. The van der Waals surface area contributed by atoms with Crippen LogP contribution < -0.4 is 16.0 Å². The maximum absolute atomic E-state index is 13.1. The van der Waals surface area contributed by atoms with Crippen molar-refractivity contribution in [3.8, 4) is 0 Å². The summed E-state index contributed by atoms with van der Waals surface area (Å²) in [6, 6.07) is 5.37. The minimum Gasteiger partial charge on any atom is -0.395 e. The molecule has 0 bridgehead atoms. The minimum atomic E-state index is -4.65. The zero-order valence-corrected chi connectivity index (χ0v) is 19.7. The number of H-pyrrole nitrogens is 1. The van der Waals surface area contributed by atoms with Crippen LogP contribution in [0.5, 0.6) is 0 Å². The Bertz CT molecular complexity index is 1290. The van der Waals surface area contributed by atoms with Gasteiger partial charge in [0.1, 0.15) is 0 Å². The topological polar surface area (TPSA) is 106 Å². The van der Waals surface area contributed by atoms with Crippen molar-refractivity contribution in [2.75, 3.05) is 18.5 Å². The number of hydrogen-bond acceptors (Lipinski definition) is 3. The van der Waals surface area contributed by atoms with E-state index in [4.69, 9.17) is 28.3 Å². The van der Waals surface area contributed by atoms with Crippen LogP contribution >= 0.6 is 23.2 Å². The molecule has 1 aromatic heterocycles. The molecule has 0 radical (unpaired) electrons. The van der Waals surface area contributed by atoms with Crippen molar-refractivity contribution in [3.63, 3.8) is 0 Å². The monoisotopic (exact) mass is 528 g/mol. The van der Waals surface area contributed by atoms with Crippen molar-refractivity contribution in [3.05, 3.63) is 62.8 Å². The number of anilines is 1. The average molecular weight is 529 g/mol. The summed E-state index contributed by atoms with van der Waals surface area (Å²) in [6.07, 6.45) is -3.12. The molecular weight excluding hydrogens is 508 g/mol. The number of aliphatic hydroxyl groups is 1. The molecule has 1 aliphatic rings. The predicted octanol–water partition coefficient (Wildman–Crippen LogP) is 4.89. The van der Waals surface area contributed by atoms with Crippen LogP contribution in [-0.2, 0) is 19.0 Å². The van der Waals surface area contributed by atoms with E-state index < -0.39 is 22.8 Å². The number of hydrogen-bond donors (Lipinski definition) is 5. The summed E-state index contributed by atoms with van der Waals surface area (Å²) >= 11 is 12.0. The van der Waals surface area contributed by atoms with Crippen molar-refractivity contribution < 1.29 is 27.9 Å². The van der Waals surface area contributed by atoms with E-state index in [1.165, 1.54) is 6.07 Å². The largest absolute Gasteiger partial charge is 0.417 e. The first-order valence-corrected chi connectivity index (χ1v) is 11.5. The van der Waals surface area contributed by atoms with Gasteiger partial charge in [-0.05, 0) is 55.2 Å². The Balaban J connectivity index is 1.53. The van der Waals surface area contributed by atoms with Gasteiger partial charge < -0.3 is 26.0 Å². The fourth-order valence-corrected chi connectivity index (χ4v) is 4.68. The average Bonchev–Trinajstić information content (AvgIpc) is 3.18. The van der Waals surface area contributed by atoms with Gasteiger partial charge in [-0.2, -0.15) is 13.2 Å². The molecule has 0 fully saturated rings. The number of aryl methyl sites for hydroxylation is 1. The van der Waals surface area contributed by atoms with E-state index in [0.717, 1.165) is 23.4 Å². The number of amides is 3. The van der Waals surface area contributed by atoms with Crippen LogP contribution in [0.15, 0.2) is 30.3 Å². The molecule has 1 aliphatic carbocycles. The van der Waals surface area contributed by atoms with Gasteiger partial charge in [0.15, 0.2) is 0 Å². The Hall–Kier alpha value is -2.95. The summed E-state index contributed by atoms with van der Waals surface area (Å²) in [5.41, 5.74) is 1.65. The zero-order chi connectivity index (χ0) is 25.3. The second kappa shape index (κ2) is 9.96. The van der Waals surface area contributed by atoms with Gasteiger partial charge in [0, 0.05) is 34.9 Å². The molecule has 35 heavy (non-hydrogen) atoms. The number of halogens is 5. The maximum Gasteiger partial charge on any atom is 0.417 e. The van der Waals surface area contributed by atoms with Crippen molar-refractivity contribution in [1.29, 1.82) is 0 Å². The highest BCUT2D eigenvalue weighted by atomic mass is 35.5. The molecule has 186 valence electrons. The van der Waals surface area contributed by atoms with Crippen LogP contribution in [0.25, 0.3) is 10.9 Å². The van der Waals surface area contributed by atoms with Gasteiger partial charge in [0.2, 0.25) is 0 Å². The number of aromatic amines is 1. The Morgan fingerprint density at radius 2 is 1.89 bits per heavy atom. The normalized spacial score (nSPS) is 15.5. The van der Waals surface area contributed by atoms with Crippen LogP contribution in [-0.4, -0.2) is 41.2 Å². The first-order valence-electron chi connectivity index (χ1n) is 10.7. The van der Waals surface area contributed by atoms with Crippen LogP contribution in [0.1, 0.15) is 33.6 Å². The highest BCUT2D eigenvalue weighted by Gasteiger charge is 2.33. The third-order valence-corrected chi connectivity index (χ3v) is 6.44. The summed E-state index contributed by atoms with van der Waals surface area (Å²) in [5, 5.41) is 17.5. The van der Waals surface area contributed by atoms with E-state index in [-0.39, 0.29) is 30.8 Å². The first-order chi connectivity index (χ1) is 16.6. The first kappa shape index (κ1) is 25.2. The van der Waals surface area contributed by atoms with Gasteiger partial charge in [-0.15, -0.1) is 0 Å². The SMILES string of the molecule is O=C(Nc1ccc(Cl)c(C(F)(F)F)c1)NC1CCc2[nH]c3c(Cl)ccc(C(=O)NCCO)c3c2C1. The smallest absolute Gasteiger partial charge is 0.395 e. The Morgan fingerprint density at radius 1 is 1.14 bits per heavy atom. The molecular formula is C23H21Cl2F3N4O3. The van der Waals surface area contributed by atoms with E-state index in [2.05, 4.69) is 20.9 Å². The van der Waals surface area contributed by atoms with Crippen LogP contribution in [0.4, 0.5) is 23.7 Å². The van der Waals surface area contributed by atoms with E-state index >= 15 is 0 Å². The molecule has 12 heteroatoms. The van der Waals surface area contributed by atoms with E-state index in [0.29, 0.717) is 40.8 Å². The second-order valence-electron chi connectivity index (χ2n) is 8.14. The molecule has 3 amide bonds. The van der Waals surface area contributed by atoms with Gasteiger partial charge >= 0.3 is 12.2 Å². The highest BCUT2D eigenvalue weighted by molar-refractivity contribution is 6.36. The summed E-state index contributed by atoms with van der Waals surface area (Å²) in [7, 11) is 0. The number of fused-ring (bicyclic) bond motifs is 3. The van der Waals surface area contributed by atoms with Crippen LogP contribution in [0.3, 0.4) is 0 Å². The lowest BCUT2D eigenvalue weighted by Gasteiger charge is -2.24. The van der Waals surface area contributed by atoms with Gasteiger partial charge in [-0.3, -0.25) is 4.79 Å². The van der Waals surface area contributed by atoms with Crippen LogP contribution in [0.2, 0.25) is 10.0 Å². The summed E-state index contributed by atoms with van der Waals surface area (Å²) < 4.78 is 39.3. The molecule has 5 N–H and O–H groups in total. The molecule has 0 saturated carbocycles. The molecule has 1 heterocycles. The summed E-state index contributed by atoms with van der Waals surface area (Å²) in [6.45, 7) is -0.104. The lowest BCUT2D eigenvalue weighted by molar-refractivity contribution is -0.137. The molecule has 2 aromatic carbocycles.